The molecule has 0 saturated carbocycles. The summed E-state index contributed by atoms with van der Waals surface area (Å²) in [4.78, 5) is 19.4. The average molecular weight is 624 g/mol. The first-order valence-corrected chi connectivity index (χ1v) is 17.8. The monoisotopic (exact) mass is 623 g/mol. The molecule has 0 spiro atoms. The van der Waals surface area contributed by atoms with Crippen LogP contribution in [0, 0.1) is 0 Å². The van der Waals surface area contributed by atoms with Crippen LogP contribution in [0.1, 0.15) is 134 Å². The minimum atomic E-state index is -0.0736. The van der Waals surface area contributed by atoms with Gasteiger partial charge in [0.1, 0.15) is 11.6 Å². The summed E-state index contributed by atoms with van der Waals surface area (Å²) in [6, 6.07) is 20.8. The molecule has 0 aliphatic heterocycles. The molecule has 1 amide bonds. The summed E-state index contributed by atoms with van der Waals surface area (Å²) in [6.07, 6.45) is 20.7. The van der Waals surface area contributed by atoms with Crippen LogP contribution in [0.15, 0.2) is 73.1 Å². The van der Waals surface area contributed by atoms with Crippen molar-refractivity contribution in [1.29, 1.82) is 0 Å². The number of aromatic nitrogens is 2. The number of carbonyl (C=O) groups is 1. The Morgan fingerprint density at radius 2 is 1.50 bits per heavy atom. The van der Waals surface area contributed by atoms with Crippen LogP contribution in [0.2, 0.25) is 0 Å². The third-order valence-electron chi connectivity index (χ3n) is 8.93. The lowest BCUT2D eigenvalue weighted by molar-refractivity contribution is -0.116. The van der Waals surface area contributed by atoms with E-state index in [-0.39, 0.29) is 11.3 Å². The van der Waals surface area contributed by atoms with Crippen LogP contribution in [0.3, 0.4) is 0 Å². The molecule has 4 aromatic rings. The van der Waals surface area contributed by atoms with Gasteiger partial charge in [0.15, 0.2) is 0 Å². The Balaban J connectivity index is 1.31. The molecule has 0 aliphatic rings. The van der Waals surface area contributed by atoms with Gasteiger partial charge in [-0.2, -0.15) is 0 Å². The number of amides is 1. The molecular weight excluding hydrogens is 566 g/mol. The highest BCUT2D eigenvalue weighted by atomic mass is 16.5. The predicted octanol–water partition coefficient (Wildman–Crippen LogP) is 10.9. The summed E-state index contributed by atoms with van der Waals surface area (Å²) in [5.74, 6) is 1.96. The SMILES string of the molecule is CCCCCCCCCCCCCCOc1ccc(CN(C(C)=O)c2cccc(Cc3ncc4ccccn34)c2)cc1C(C)(C)C. The zero-order valence-electron chi connectivity index (χ0n) is 29.2. The van der Waals surface area contributed by atoms with Crippen molar-refractivity contribution in [3.8, 4) is 5.75 Å². The fraction of sp³-hybridized carbons (Fsp3) is 0.512. The van der Waals surface area contributed by atoms with Gasteiger partial charge in [-0.1, -0.05) is 123 Å². The number of carbonyl (C=O) groups excluding carboxylic acids is 1. The summed E-state index contributed by atoms with van der Waals surface area (Å²) in [7, 11) is 0. The highest BCUT2D eigenvalue weighted by molar-refractivity contribution is 5.91. The topological polar surface area (TPSA) is 46.8 Å². The van der Waals surface area contributed by atoms with Gasteiger partial charge in [0.25, 0.3) is 0 Å². The second-order valence-electron chi connectivity index (χ2n) is 13.9. The van der Waals surface area contributed by atoms with E-state index in [0.29, 0.717) is 13.0 Å². The van der Waals surface area contributed by atoms with Crippen molar-refractivity contribution < 1.29 is 9.53 Å². The number of pyridine rings is 1. The summed E-state index contributed by atoms with van der Waals surface area (Å²) < 4.78 is 8.47. The lowest BCUT2D eigenvalue weighted by Crippen LogP contribution is -2.28. The van der Waals surface area contributed by atoms with Crippen molar-refractivity contribution >= 4 is 17.1 Å². The number of hydrogen-bond acceptors (Lipinski definition) is 3. The van der Waals surface area contributed by atoms with Gasteiger partial charge < -0.3 is 14.0 Å². The molecule has 2 aromatic heterocycles. The van der Waals surface area contributed by atoms with Crippen LogP contribution in [-0.4, -0.2) is 21.9 Å². The van der Waals surface area contributed by atoms with Gasteiger partial charge in [-0.05, 0) is 64.9 Å². The smallest absolute Gasteiger partial charge is 0.224 e. The zero-order valence-corrected chi connectivity index (χ0v) is 29.2. The normalized spacial score (nSPS) is 11.7. The summed E-state index contributed by atoms with van der Waals surface area (Å²) in [5, 5.41) is 0. The molecule has 2 aromatic carbocycles. The first kappa shape index (κ1) is 35.3. The number of anilines is 1. The van der Waals surface area contributed by atoms with E-state index in [9.17, 15) is 4.79 Å². The second-order valence-corrected chi connectivity index (χ2v) is 13.9. The maximum Gasteiger partial charge on any atom is 0.224 e. The Hall–Kier alpha value is -3.60. The van der Waals surface area contributed by atoms with Crippen molar-refractivity contribution in [3.63, 3.8) is 0 Å². The molecule has 2 heterocycles. The molecule has 0 radical (unpaired) electrons. The molecule has 5 nitrogen and oxygen atoms in total. The van der Waals surface area contributed by atoms with Crippen LogP contribution in [0.5, 0.6) is 5.75 Å². The van der Waals surface area contributed by atoms with Gasteiger partial charge in [0.05, 0.1) is 24.9 Å². The van der Waals surface area contributed by atoms with Crippen LogP contribution < -0.4 is 9.64 Å². The number of fused-ring (bicyclic) bond motifs is 1. The summed E-state index contributed by atoms with van der Waals surface area (Å²) >= 11 is 0. The number of benzene rings is 2. The van der Waals surface area contributed by atoms with E-state index in [1.807, 2.05) is 41.6 Å². The molecule has 0 fully saturated rings. The minimum absolute atomic E-state index is 0.0213. The lowest BCUT2D eigenvalue weighted by Gasteiger charge is -2.26. The Kier molecular flexibility index (Phi) is 13.7. The largest absolute Gasteiger partial charge is 0.493 e. The highest BCUT2D eigenvalue weighted by Gasteiger charge is 2.21. The van der Waals surface area contributed by atoms with Crippen LogP contribution >= 0.6 is 0 Å². The van der Waals surface area contributed by atoms with E-state index in [2.05, 4.69) is 73.5 Å². The summed E-state index contributed by atoms with van der Waals surface area (Å²) in [6.45, 7) is 11.9. The van der Waals surface area contributed by atoms with E-state index in [1.165, 1.54) is 76.2 Å². The van der Waals surface area contributed by atoms with Crippen molar-refractivity contribution in [2.24, 2.45) is 0 Å². The number of nitrogens with zero attached hydrogens (tertiary/aromatic N) is 3. The van der Waals surface area contributed by atoms with E-state index in [1.54, 1.807) is 6.92 Å². The first-order chi connectivity index (χ1) is 22.3. The fourth-order valence-electron chi connectivity index (χ4n) is 6.23. The van der Waals surface area contributed by atoms with Crippen LogP contribution in [-0.2, 0) is 23.2 Å². The van der Waals surface area contributed by atoms with E-state index >= 15 is 0 Å². The maximum atomic E-state index is 12.9. The highest BCUT2D eigenvalue weighted by Crippen LogP contribution is 2.33. The van der Waals surface area contributed by atoms with Crippen LogP contribution in [0.4, 0.5) is 5.69 Å². The molecule has 0 bridgehead atoms. The number of imidazole rings is 1. The van der Waals surface area contributed by atoms with E-state index in [0.717, 1.165) is 46.9 Å². The Labute approximate surface area is 278 Å². The fourth-order valence-corrected chi connectivity index (χ4v) is 6.23. The predicted molar refractivity (Wildman–Crippen MR) is 193 cm³/mol. The van der Waals surface area contributed by atoms with Crippen LogP contribution in [0.25, 0.3) is 5.52 Å². The molecule has 0 saturated heterocycles. The van der Waals surface area contributed by atoms with Crippen molar-refractivity contribution in [2.75, 3.05) is 11.5 Å². The third kappa shape index (κ3) is 10.7. The van der Waals surface area contributed by atoms with Crippen molar-refractivity contribution in [1.82, 2.24) is 9.38 Å². The van der Waals surface area contributed by atoms with Gasteiger partial charge in [0.2, 0.25) is 5.91 Å². The number of unbranched alkanes of at least 4 members (excludes halogenated alkanes) is 11. The molecule has 0 unspecified atom stereocenters. The molecule has 0 atom stereocenters. The first-order valence-electron chi connectivity index (χ1n) is 17.8. The Bertz CT molecular complexity index is 1500. The molecule has 248 valence electrons. The summed E-state index contributed by atoms with van der Waals surface area (Å²) in [5.41, 5.74) is 5.31. The number of ether oxygens (including phenoxy) is 1. The van der Waals surface area contributed by atoms with Crippen molar-refractivity contribution in [3.05, 3.63) is 95.6 Å². The molecule has 5 heteroatoms. The van der Waals surface area contributed by atoms with E-state index < -0.39 is 0 Å². The molecule has 0 aliphatic carbocycles. The molecule has 46 heavy (non-hydrogen) atoms. The molecule has 4 rings (SSSR count). The number of hydrogen-bond donors (Lipinski definition) is 0. The number of rotatable bonds is 19. The average Bonchev–Trinajstić information content (AvgIpc) is 3.44. The Morgan fingerprint density at radius 3 is 2.17 bits per heavy atom. The quantitative estimate of drug-likeness (QED) is 0.0976. The van der Waals surface area contributed by atoms with Gasteiger partial charge in [-0.3, -0.25) is 4.79 Å². The van der Waals surface area contributed by atoms with Gasteiger partial charge >= 0.3 is 0 Å². The Morgan fingerprint density at radius 1 is 0.804 bits per heavy atom. The van der Waals surface area contributed by atoms with Gasteiger partial charge in [-0.15, -0.1) is 0 Å². The van der Waals surface area contributed by atoms with E-state index in [4.69, 9.17) is 4.74 Å². The zero-order chi connectivity index (χ0) is 32.8. The van der Waals surface area contributed by atoms with Gasteiger partial charge in [0, 0.05) is 25.2 Å². The maximum absolute atomic E-state index is 12.9. The molecular formula is C41H57N3O2. The van der Waals surface area contributed by atoms with Crippen molar-refractivity contribution in [2.45, 2.75) is 130 Å². The third-order valence-corrected chi connectivity index (χ3v) is 8.93. The van der Waals surface area contributed by atoms with Gasteiger partial charge in [-0.25, -0.2) is 4.98 Å². The minimum Gasteiger partial charge on any atom is -0.493 e. The second kappa shape index (κ2) is 17.9. The lowest BCUT2D eigenvalue weighted by atomic mass is 9.85. The molecule has 0 N–H and O–H groups in total. The standard InChI is InChI=1S/C41H57N3O2/c1-6-7-8-9-10-11-12-13-14-15-16-19-27-46-39-25-24-35(29-38(39)41(3,4)5)32-44(33(2)45)36-23-20-21-34(28-36)30-40-42-31-37-22-17-18-26-43(37)40/h17-18,20-26,28-29,31H,6-16,19,27,30,32H2,1-5H3.